The van der Waals surface area contributed by atoms with Gasteiger partial charge in [0.15, 0.2) is 0 Å². The fourth-order valence-electron chi connectivity index (χ4n) is 1.11. The molecule has 0 radical (unpaired) electrons. The van der Waals surface area contributed by atoms with Crippen LogP contribution in [0.4, 0.5) is 0 Å². The number of fused-ring (bicyclic) bond motifs is 1. The van der Waals surface area contributed by atoms with Gasteiger partial charge < -0.3 is 5.11 Å². The number of phenolic OH excluding ortho intramolecular Hbond substituents is 1. The fraction of sp³-hybridized carbons (Fsp3) is 0. The van der Waals surface area contributed by atoms with E-state index in [2.05, 4.69) is 4.98 Å². The van der Waals surface area contributed by atoms with Crippen LogP contribution in [0.5, 0.6) is 5.75 Å². The molecule has 0 amide bonds. The Morgan fingerprint density at radius 1 is 1.15 bits per heavy atom. The molecule has 0 aliphatic rings. The zero-order valence-electron chi connectivity index (χ0n) is 6.87. The summed E-state index contributed by atoms with van der Waals surface area (Å²) in [6.07, 6.45) is 0. The van der Waals surface area contributed by atoms with Crippen molar-refractivity contribution < 1.29 is 24.6 Å². The van der Waals surface area contributed by atoms with E-state index in [1.54, 1.807) is 18.2 Å². The first kappa shape index (κ1) is 10.4. The van der Waals surface area contributed by atoms with Crippen LogP contribution in [-0.4, -0.2) is 10.1 Å². The van der Waals surface area contributed by atoms with Gasteiger partial charge in [0.2, 0.25) is 0 Å². The molecule has 0 aliphatic carbocycles. The summed E-state index contributed by atoms with van der Waals surface area (Å²) < 4.78 is 0. The number of para-hydroxylation sites is 1. The predicted octanol–water partition coefficient (Wildman–Crippen LogP) is 2.59. The molecule has 1 aromatic carbocycles. The van der Waals surface area contributed by atoms with E-state index in [1.165, 1.54) is 0 Å². The molecule has 0 bridgehead atoms. The minimum Gasteiger partial charge on any atom is -0.506 e. The minimum atomic E-state index is 0. The number of halogens is 1. The summed E-state index contributed by atoms with van der Waals surface area (Å²) in [7, 11) is 0. The Bertz CT molecular complexity index is 433. The van der Waals surface area contributed by atoms with Gasteiger partial charge in [-0.05, 0) is 18.2 Å². The number of nitrogens with zero attached hydrogens (tertiary/aromatic N) is 1. The molecule has 1 heterocycles. The van der Waals surface area contributed by atoms with Gasteiger partial charge in [0.1, 0.15) is 16.4 Å². The minimum absolute atomic E-state index is 0. The molecule has 0 unspecified atom stereocenters. The maximum Gasteiger partial charge on any atom is 0.141 e. The third kappa shape index (κ3) is 1.98. The van der Waals surface area contributed by atoms with E-state index < -0.39 is 0 Å². The van der Waals surface area contributed by atoms with Crippen molar-refractivity contribution in [2.24, 2.45) is 0 Å². The van der Waals surface area contributed by atoms with Crippen LogP contribution >= 0.6 is 11.6 Å². The number of aromatic hydroxyl groups is 1. The molecule has 2 rings (SSSR count). The van der Waals surface area contributed by atoms with E-state index in [0.29, 0.717) is 10.7 Å². The molecule has 4 heteroatoms. The van der Waals surface area contributed by atoms with E-state index >= 15 is 0 Å². The Kier molecular flexibility index (Phi) is 3.24. The van der Waals surface area contributed by atoms with Crippen molar-refractivity contribution in [2.45, 2.75) is 0 Å². The summed E-state index contributed by atoms with van der Waals surface area (Å²) in [5.74, 6) is 0.162. The van der Waals surface area contributed by atoms with Gasteiger partial charge in [-0.3, -0.25) is 0 Å². The molecule has 0 fully saturated rings. The Hall–Kier alpha value is -0.657. The third-order valence-electron chi connectivity index (χ3n) is 1.66. The number of phenols is 1. The maximum absolute atomic E-state index is 9.37. The molecule has 2 aromatic rings. The van der Waals surface area contributed by atoms with Crippen LogP contribution in [0.3, 0.4) is 0 Å². The van der Waals surface area contributed by atoms with Gasteiger partial charge in [-0.15, -0.1) is 0 Å². The summed E-state index contributed by atoms with van der Waals surface area (Å²) in [4.78, 5) is 3.99. The first-order valence-corrected chi connectivity index (χ1v) is 3.89. The fourth-order valence-corrected chi connectivity index (χ4v) is 1.26. The van der Waals surface area contributed by atoms with Crippen molar-refractivity contribution in [3.8, 4) is 5.75 Å². The molecule has 0 atom stereocenters. The Morgan fingerprint density at radius 2 is 1.92 bits per heavy atom. The smallest absolute Gasteiger partial charge is 0.141 e. The monoisotopic (exact) mass is 243 g/mol. The number of benzene rings is 1. The average Bonchev–Trinajstić information content (AvgIpc) is 2.07. The van der Waals surface area contributed by atoms with Gasteiger partial charge in [-0.1, -0.05) is 23.7 Å². The van der Waals surface area contributed by atoms with Crippen LogP contribution in [0.15, 0.2) is 30.3 Å². The van der Waals surface area contributed by atoms with Gasteiger partial charge in [0.25, 0.3) is 0 Å². The van der Waals surface area contributed by atoms with Crippen molar-refractivity contribution in [1.29, 1.82) is 0 Å². The molecule has 2 nitrogen and oxygen atoms in total. The summed E-state index contributed by atoms with van der Waals surface area (Å²) in [6.45, 7) is 0. The third-order valence-corrected chi connectivity index (χ3v) is 1.88. The second-order valence-corrected chi connectivity index (χ2v) is 2.87. The number of hydrogen-bond donors (Lipinski definition) is 1. The summed E-state index contributed by atoms with van der Waals surface area (Å²) in [6, 6.07) is 8.75. The molecular weight excluding hydrogens is 239 g/mol. The van der Waals surface area contributed by atoms with Gasteiger partial charge in [-0.2, -0.15) is 0 Å². The van der Waals surface area contributed by atoms with Crippen LogP contribution in [0.1, 0.15) is 0 Å². The molecule has 62 valence electrons. The molecule has 0 aliphatic heterocycles. The van der Waals surface area contributed by atoms with Crippen molar-refractivity contribution in [3.63, 3.8) is 0 Å². The zero-order valence-corrected chi connectivity index (χ0v) is 10.6. The summed E-state index contributed by atoms with van der Waals surface area (Å²) in [5, 5.41) is 10.7. The topological polar surface area (TPSA) is 33.1 Å². The van der Waals surface area contributed by atoms with E-state index in [4.69, 9.17) is 11.6 Å². The molecular formula is C9H6ClNOZn. The largest absolute Gasteiger partial charge is 0.506 e. The zero-order chi connectivity index (χ0) is 8.55. The van der Waals surface area contributed by atoms with E-state index in [1.807, 2.05) is 12.1 Å². The van der Waals surface area contributed by atoms with Crippen molar-refractivity contribution in [1.82, 2.24) is 4.98 Å². The Morgan fingerprint density at radius 3 is 2.69 bits per heavy atom. The molecule has 1 N–H and O–H groups in total. The van der Waals surface area contributed by atoms with Gasteiger partial charge in [-0.25, -0.2) is 4.98 Å². The standard InChI is InChI=1S/C9H6ClNO.Zn/c10-8-5-4-6-2-1-3-7(12)9(6)11-8;/h1-5,12H;. The Labute approximate surface area is 93.3 Å². The predicted molar refractivity (Wildman–Crippen MR) is 48.4 cm³/mol. The van der Waals surface area contributed by atoms with Crippen LogP contribution in [0.2, 0.25) is 5.15 Å². The van der Waals surface area contributed by atoms with Crippen LogP contribution < -0.4 is 0 Å². The van der Waals surface area contributed by atoms with Crippen LogP contribution in [-0.2, 0) is 19.5 Å². The molecule has 0 saturated heterocycles. The van der Waals surface area contributed by atoms with Crippen LogP contribution in [0, 0.1) is 0 Å². The first-order valence-electron chi connectivity index (χ1n) is 3.51. The normalized spacial score (nSPS) is 9.62. The quantitative estimate of drug-likeness (QED) is 0.571. The second kappa shape index (κ2) is 4.03. The van der Waals surface area contributed by atoms with E-state index in [0.717, 1.165) is 5.39 Å². The average molecular weight is 245 g/mol. The van der Waals surface area contributed by atoms with Crippen molar-refractivity contribution in [3.05, 3.63) is 35.5 Å². The van der Waals surface area contributed by atoms with E-state index in [9.17, 15) is 5.11 Å². The Balaban J connectivity index is 0.000000845. The SMILES string of the molecule is Oc1cccc2ccc(Cl)nc12.[Zn]. The second-order valence-electron chi connectivity index (χ2n) is 2.48. The molecule has 0 spiro atoms. The van der Waals surface area contributed by atoms with Crippen LogP contribution in [0.25, 0.3) is 10.9 Å². The summed E-state index contributed by atoms with van der Waals surface area (Å²) >= 11 is 5.67. The van der Waals surface area contributed by atoms with Crippen molar-refractivity contribution >= 4 is 22.5 Å². The molecule has 1 aromatic heterocycles. The van der Waals surface area contributed by atoms with Gasteiger partial charge in [0, 0.05) is 24.9 Å². The van der Waals surface area contributed by atoms with Gasteiger partial charge >= 0.3 is 0 Å². The number of hydrogen-bond acceptors (Lipinski definition) is 2. The van der Waals surface area contributed by atoms with Crippen molar-refractivity contribution in [2.75, 3.05) is 0 Å². The molecule has 13 heavy (non-hydrogen) atoms. The first-order chi connectivity index (χ1) is 5.77. The number of aromatic nitrogens is 1. The summed E-state index contributed by atoms with van der Waals surface area (Å²) in [5.41, 5.74) is 0.546. The molecule has 0 saturated carbocycles. The van der Waals surface area contributed by atoms with E-state index in [-0.39, 0.29) is 25.2 Å². The van der Waals surface area contributed by atoms with Gasteiger partial charge in [0.05, 0.1) is 0 Å². The maximum atomic E-state index is 9.37. The number of rotatable bonds is 0. The number of pyridine rings is 1.